The Balaban J connectivity index is 2.02. The lowest BCUT2D eigenvalue weighted by Gasteiger charge is -2.18. The van der Waals surface area contributed by atoms with E-state index in [0.717, 1.165) is 22.6 Å². The van der Waals surface area contributed by atoms with E-state index in [0.29, 0.717) is 23.8 Å². The summed E-state index contributed by atoms with van der Waals surface area (Å²) in [5.41, 5.74) is 1.91. The van der Waals surface area contributed by atoms with Crippen molar-refractivity contribution in [2.45, 2.75) is 31.9 Å². The first kappa shape index (κ1) is 19.5. The smallest absolute Gasteiger partial charge is 0.348 e. The molecule has 25 heavy (non-hydrogen) atoms. The molecule has 0 fully saturated rings. The summed E-state index contributed by atoms with van der Waals surface area (Å²) in [5, 5.41) is 1.30. The van der Waals surface area contributed by atoms with E-state index in [1.54, 1.807) is 6.92 Å². The standard InChI is InChI=1S/C17H21NO5S2/c1-5-23-16(19)13-8-10(2)12(25-13)7-6-11-9-24-14(17(20)22-4)15(18-11)21-3/h8-9,14H,5-7H2,1-4H3. The van der Waals surface area contributed by atoms with Gasteiger partial charge in [0.25, 0.3) is 0 Å². The molecule has 1 unspecified atom stereocenters. The number of rotatable bonds is 6. The van der Waals surface area contributed by atoms with Crippen LogP contribution in [0.5, 0.6) is 0 Å². The van der Waals surface area contributed by atoms with E-state index in [9.17, 15) is 9.59 Å². The first-order valence-corrected chi connectivity index (χ1v) is 9.57. The van der Waals surface area contributed by atoms with E-state index in [2.05, 4.69) is 4.99 Å². The van der Waals surface area contributed by atoms with E-state index in [1.807, 2.05) is 18.4 Å². The maximum absolute atomic E-state index is 11.8. The predicted molar refractivity (Wildman–Crippen MR) is 99.3 cm³/mol. The van der Waals surface area contributed by atoms with Gasteiger partial charge in [0.05, 0.1) is 26.5 Å². The van der Waals surface area contributed by atoms with Gasteiger partial charge in [-0.2, -0.15) is 0 Å². The Labute approximate surface area is 155 Å². The number of ether oxygens (including phenoxy) is 3. The Morgan fingerprint density at radius 1 is 1.28 bits per heavy atom. The Morgan fingerprint density at radius 2 is 2.04 bits per heavy atom. The van der Waals surface area contributed by atoms with E-state index >= 15 is 0 Å². The van der Waals surface area contributed by atoms with Gasteiger partial charge >= 0.3 is 11.9 Å². The largest absolute Gasteiger partial charge is 0.483 e. The van der Waals surface area contributed by atoms with Crippen LogP contribution in [0.2, 0.25) is 0 Å². The number of aliphatic imine (C=N–C) groups is 1. The molecule has 0 amide bonds. The van der Waals surface area contributed by atoms with E-state index in [1.165, 1.54) is 37.3 Å². The molecule has 0 saturated heterocycles. The molecule has 8 heteroatoms. The topological polar surface area (TPSA) is 74.2 Å². The van der Waals surface area contributed by atoms with Gasteiger partial charge in [0.1, 0.15) is 4.88 Å². The lowest BCUT2D eigenvalue weighted by Crippen LogP contribution is -2.30. The highest BCUT2D eigenvalue weighted by molar-refractivity contribution is 8.04. The molecule has 0 N–H and O–H groups in total. The van der Waals surface area contributed by atoms with Crippen LogP contribution in [0.3, 0.4) is 0 Å². The van der Waals surface area contributed by atoms with Gasteiger partial charge in [0, 0.05) is 4.88 Å². The van der Waals surface area contributed by atoms with Crippen molar-refractivity contribution in [2.75, 3.05) is 20.8 Å². The number of aryl methyl sites for hydroxylation is 2. The third kappa shape index (κ3) is 4.85. The average Bonchev–Trinajstić information content (AvgIpc) is 3.00. The summed E-state index contributed by atoms with van der Waals surface area (Å²) in [7, 11) is 2.84. The molecule has 0 saturated carbocycles. The van der Waals surface area contributed by atoms with Crippen LogP contribution in [0.4, 0.5) is 0 Å². The molecule has 1 aromatic heterocycles. The molecular formula is C17H21NO5S2. The lowest BCUT2D eigenvalue weighted by molar-refractivity contribution is -0.138. The van der Waals surface area contributed by atoms with Gasteiger partial charge in [-0.1, -0.05) is 0 Å². The van der Waals surface area contributed by atoms with E-state index in [-0.39, 0.29) is 11.9 Å². The van der Waals surface area contributed by atoms with Crippen LogP contribution < -0.4 is 0 Å². The predicted octanol–water partition coefficient (Wildman–Crippen LogP) is 3.34. The maximum atomic E-state index is 11.8. The van der Waals surface area contributed by atoms with Crippen LogP contribution in [0, 0.1) is 6.92 Å². The minimum absolute atomic E-state index is 0.283. The molecule has 0 aliphatic carbocycles. The zero-order chi connectivity index (χ0) is 18.4. The Morgan fingerprint density at radius 3 is 2.68 bits per heavy atom. The van der Waals surface area contributed by atoms with Gasteiger partial charge in [-0.25, -0.2) is 9.79 Å². The number of hydrogen-bond donors (Lipinski definition) is 0. The molecule has 1 aromatic rings. The first-order valence-electron chi connectivity index (χ1n) is 7.81. The zero-order valence-electron chi connectivity index (χ0n) is 14.7. The van der Waals surface area contributed by atoms with Crippen molar-refractivity contribution in [3.8, 4) is 0 Å². The molecule has 6 nitrogen and oxygen atoms in total. The van der Waals surface area contributed by atoms with Crippen molar-refractivity contribution in [1.82, 2.24) is 0 Å². The zero-order valence-corrected chi connectivity index (χ0v) is 16.3. The van der Waals surface area contributed by atoms with Crippen LogP contribution in [0.1, 0.15) is 33.5 Å². The number of carbonyl (C=O) groups is 2. The van der Waals surface area contributed by atoms with Gasteiger partial charge in [0.2, 0.25) is 5.90 Å². The molecule has 0 bridgehead atoms. The average molecular weight is 383 g/mol. The second-order valence-electron chi connectivity index (χ2n) is 5.24. The highest BCUT2D eigenvalue weighted by Crippen LogP contribution is 2.29. The fraction of sp³-hybridized carbons (Fsp3) is 0.471. The maximum Gasteiger partial charge on any atom is 0.348 e. The SMILES string of the molecule is CCOC(=O)c1cc(C)c(CCC2=CSC(C(=O)OC)C(OC)=N2)s1. The van der Waals surface area contributed by atoms with Gasteiger partial charge in [-0.15, -0.1) is 23.1 Å². The summed E-state index contributed by atoms with van der Waals surface area (Å²) in [5.74, 6) is -0.312. The summed E-state index contributed by atoms with van der Waals surface area (Å²) < 4.78 is 15.0. The molecule has 0 radical (unpaired) electrons. The fourth-order valence-electron chi connectivity index (χ4n) is 2.27. The van der Waals surface area contributed by atoms with Gasteiger partial charge in [0.15, 0.2) is 5.25 Å². The van der Waals surface area contributed by atoms with Crippen molar-refractivity contribution in [3.05, 3.63) is 32.5 Å². The van der Waals surface area contributed by atoms with E-state index in [4.69, 9.17) is 14.2 Å². The molecule has 0 aromatic carbocycles. The summed E-state index contributed by atoms with van der Waals surface area (Å²) in [6.07, 6.45) is 1.45. The number of carbonyl (C=O) groups excluding carboxylic acids is 2. The van der Waals surface area contributed by atoms with Crippen LogP contribution in [-0.2, 0) is 25.4 Å². The van der Waals surface area contributed by atoms with Crippen LogP contribution >= 0.6 is 23.1 Å². The van der Waals surface area contributed by atoms with Gasteiger partial charge in [-0.3, -0.25) is 4.79 Å². The summed E-state index contributed by atoms with van der Waals surface area (Å²) in [6, 6.07) is 1.86. The Hall–Kier alpha value is -1.80. The summed E-state index contributed by atoms with van der Waals surface area (Å²) in [4.78, 5) is 29.7. The van der Waals surface area contributed by atoms with Crippen molar-refractivity contribution < 1.29 is 23.8 Å². The van der Waals surface area contributed by atoms with Crippen LogP contribution in [0.15, 0.2) is 22.2 Å². The molecule has 0 spiro atoms. The van der Waals surface area contributed by atoms with Crippen LogP contribution in [0.25, 0.3) is 0 Å². The quantitative estimate of drug-likeness (QED) is 0.702. The van der Waals surface area contributed by atoms with E-state index < -0.39 is 5.25 Å². The molecule has 1 aliphatic rings. The van der Waals surface area contributed by atoms with Crippen molar-refractivity contribution in [1.29, 1.82) is 0 Å². The third-order valence-electron chi connectivity index (χ3n) is 3.55. The molecule has 1 atom stereocenters. The van der Waals surface area contributed by atoms with Gasteiger partial charge < -0.3 is 14.2 Å². The fourth-order valence-corrected chi connectivity index (χ4v) is 4.28. The third-order valence-corrected chi connectivity index (χ3v) is 5.90. The Kier molecular flexibility index (Phi) is 7.07. The van der Waals surface area contributed by atoms with Crippen molar-refractivity contribution in [2.24, 2.45) is 4.99 Å². The molecule has 136 valence electrons. The second-order valence-corrected chi connectivity index (χ2v) is 7.36. The number of thiophene rings is 1. The summed E-state index contributed by atoms with van der Waals surface area (Å²) >= 11 is 2.78. The molecule has 2 heterocycles. The highest BCUT2D eigenvalue weighted by Gasteiger charge is 2.29. The van der Waals surface area contributed by atoms with Crippen LogP contribution in [-0.4, -0.2) is 43.9 Å². The Bertz CT molecular complexity index is 708. The summed E-state index contributed by atoms with van der Waals surface area (Å²) in [6.45, 7) is 4.14. The normalized spacial score (nSPS) is 16.7. The lowest BCUT2D eigenvalue weighted by atomic mass is 10.1. The monoisotopic (exact) mass is 383 g/mol. The minimum atomic E-state index is -0.558. The van der Waals surface area contributed by atoms with Crippen molar-refractivity contribution in [3.63, 3.8) is 0 Å². The number of esters is 2. The number of nitrogens with zero attached hydrogens (tertiary/aromatic N) is 1. The molecule has 2 rings (SSSR count). The number of hydrogen-bond acceptors (Lipinski definition) is 8. The first-order chi connectivity index (χ1) is 12.0. The van der Waals surface area contributed by atoms with Gasteiger partial charge in [-0.05, 0) is 43.7 Å². The van der Waals surface area contributed by atoms with Crippen molar-refractivity contribution >= 4 is 40.9 Å². The minimum Gasteiger partial charge on any atom is -0.483 e. The number of allylic oxidation sites excluding steroid dienone is 1. The highest BCUT2D eigenvalue weighted by atomic mass is 32.2. The molecule has 1 aliphatic heterocycles. The molecular weight excluding hydrogens is 362 g/mol. The number of thioether (sulfide) groups is 1. The second kappa shape index (κ2) is 9.05. The number of methoxy groups -OCH3 is 2.